The van der Waals surface area contributed by atoms with Gasteiger partial charge >= 0.3 is 0 Å². The molecule has 1 fully saturated rings. The first kappa shape index (κ1) is 11.2. The summed E-state index contributed by atoms with van der Waals surface area (Å²) in [5, 5.41) is 7.59. The lowest BCUT2D eigenvalue weighted by Crippen LogP contribution is -2.12. The summed E-state index contributed by atoms with van der Waals surface area (Å²) in [5.74, 6) is 0.918. The number of rotatable bonds is 4. The van der Waals surface area contributed by atoms with E-state index in [4.69, 9.17) is 10.5 Å². The van der Waals surface area contributed by atoms with E-state index in [-0.39, 0.29) is 6.04 Å². The standard InChI is InChI=1S/C14H15N3O/c15-14(11-7-8-16-17-9-11)10-1-3-12(4-2-10)18-13-5-6-13/h1-4,7-9,13-14H,5-6,15H2. The van der Waals surface area contributed by atoms with Crippen LogP contribution in [0.5, 0.6) is 5.75 Å². The number of hydrogen-bond donors (Lipinski definition) is 1. The Kier molecular flexibility index (Phi) is 2.94. The van der Waals surface area contributed by atoms with E-state index in [0.717, 1.165) is 16.9 Å². The second kappa shape index (κ2) is 4.74. The van der Waals surface area contributed by atoms with Gasteiger partial charge in [-0.05, 0) is 42.2 Å². The summed E-state index contributed by atoms with van der Waals surface area (Å²) < 4.78 is 5.70. The smallest absolute Gasteiger partial charge is 0.119 e. The van der Waals surface area contributed by atoms with Crippen LogP contribution in [0.2, 0.25) is 0 Å². The Morgan fingerprint density at radius 1 is 1.06 bits per heavy atom. The molecule has 0 saturated heterocycles. The summed E-state index contributed by atoms with van der Waals surface area (Å²) in [7, 11) is 0. The van der Waals surface area contributed by atoms with E-state index >= 15 is 0 Å². The fourth-order valence-corrected chi connectivity index (χ4v) is 1.81. The van der Waals surface area contributed by atoms with Crippen molar-refractivity contribution in [1.82, 2.24) is 10.2 Å². The number of nitrogens with two attached hydrogens (primary N) is 1. The Bertz CT molecular complexity index is 508. The fourth-order valence-electron chi connectivity index (χ4n) is 1.81. The number of aromatic nitrogens is 2. The number of nitrogens with zero attached hydrogens (tertiary/aromatic N) is 2. The van der Waals surface area contributed by atoms with Gasteiger partial charge < -0.3 is 10.5 Å². The van der Waals surface area contributed by atoms with Crippen molar-refractivity contribution in [2.45, 2.75) is 25.0 Å². The third kappa shape index (κ3) is 2.49. The van der Waals surface area contributed by atoms with Crippen LogP contribution in [0.4, 0.5) is 0 Å². The first-order valence-electron chi connectivity index (χ1n) is 6.12. The van der Waals surface area contributed by atoms with Crippen LogP contribution in [0.25, 0.3) is 0 Å². The monoisotopic (exact) mass is 241 g/mol. The van der Waals surface area contributed by atoms with Crippen LogP contribution in [0, 0.1) is 0 Å². The van der Waals surface area contributed by atoms with Crippen LogP contribution in [0.1, 0.15) is 30.0 Å². The van der Waals surface area contributed by atoms with Crippen molar-refractivity contribution in [3.8, 4) is 5.75 Å². The first-order valence-corrected chi connectivity index (χ1v) is 6.12. The predicted molar refractivity (Wildman–Crippen MR) is 68.2 cm³/mol. The summed E-state index contributed by atoms with van der Waals surface area (Å²) in [4.78, 5) is 0. The highest BCUT2D eigenvalue weighted by molar-refractivity contribution is 5.34. The van der Waals surface area contributed by atoms with Crippen molar-refractivity contribution in [3.63, 3.8) is 0 Å². The lowest BCUT2D eigenvalue weighted by molar-refractivity contribution is 0.303. The maximum atomic E-state index is 6.17. The molecule has 1 unspecified atom stereocenters. The predicted octanol–water partition coefficient (Wildman–Crippen LogP) is 2.07. The average Bonchev–Trinajstić information content (AvgIpc) is 3.24. The first-order chi connectivity index (χ1) is 8.83. The Hall–Kier alpha value is -1.94. The number of benzene rings is 1. The van der Waals surface area contributed by atoms with Crippen LogP contribution in [-0.4, -0.2) is 16.3 Å². The molecule has 0 bridgehead atoms. The topological polar surface area (TPSA) is 61.0 Å². The highest BCUT2D eigenvalue weighted by Gasteiger charge is 2.23. The van der Waals surface area contributed by atoms with Crippen LogP contribution in [0.3, 0.4) is 0 Å². The second-order valence-electron chi connectivity index (χ2n) is 4.54. The Morgan fingerprint density at radius 3 is 2.44 bits per heavy atom. The van der Waals surface area contributed by atoms with E-state index in [1.807, 2.05) is 30.3 Å². The highest BCUT2D eigenvalue weighted by atomic mass is 16.5. The lowest BCUT2D eigenvalue weighted by Gasteiger charge is -2.12. The molecule has 0 amide bonds. The summed E-state index contributed by atoms with van der Waals surface area (Å²) >= 11 is 0. The maximum Gasteiger partial charge on any atom is 0.119 e. The van der Waals surface area contributed by atoms with Gasteiger partial charge in [-0.3, -0.25) is 0 Å². The second-order valence-corrected chi connectivity index (χ2v) is 4.54. The average molecular weight is 241 g/mol. The number of hydrogen-bond acceptors (Lipinski definition) is 4. The van der Waals surface area contributed by atoms with Gasteiger partial charge in [-0.1, -0.05) is 12.1 Å². The van der Waals surface area contributed by atoms with Crippen molar-refractivity contribution in [3.05, 3.63) is 53.9 Å². The van der Waals surface area contributed by atoms with Gasteiger partial charge in [0, 0.05) is 6.20 Å². The van der Waals surface area contributed by atoms with Crippen molar-refractivity contribution in [1.29, 1.82) is 0 Å². The Morgan fingerprint density at radius 2 is 1.83 bits per heavy atom. The Labute approximate surface area is 106 Å². The molecule has 2 aromatic rings. The molecule has 0 radical (unpaired) electrons. The quantitative estimate of drug-likeness (QED) is 0.890. The van der Waals surface area contributed by atoms with Crippen molar-refractivity contribution in [2.75, 3.05) is 0 Å². The molecule has 1 aliphatic carbocycles. The fraction of sp³-hybridized carbons (Fsp3) is 0.286. The third-order valence-electron chi connectivity index (χ3n) is 3.03. The normalized spacial score (nSPS) is 16.3. The van der Waals surface area contributed by atoms with Gasteiger partial charge in [-0.2, -0.15) is 10.2 Å². The van der Waals surface area contributed by atoms with Crippen LogP contribution >= 0.6 is 0 Å². The highest BCUT2D eigenvalue weighted by Crippen LogP contribution is 2.28. The molecule has 1 heterocycles. The summed E-state index contributed by atoms with van der Waals surface area (Å²) in [5.41, 5.74) is 8.18. The third-order valence-corrected chi connectivity index (χ3v) is 3.03. The molecule has 1 saturated carbocycles. The molecular weight excluding hydrogens is 226 g/mol. The van der Waals surface area contributed by atoms with Gasteiger partial charge in [0.1, 0.15) is 5.75 Å². The van der Waals surface area contributed by atoms with E-state index in [1.165, 1.54) is 12.8 Å². The largest absolute Gasteiger partial charge is 0.490 e. The minimum Gasteiger partial charge on any atom is -0.490 e. The van der Waals surface area contributed by atoms with Gasteiger partial charge in [0.25, 0.3) is 0 Å². The van der Waals surface area contributed by atoms with Gasteiger partial charge in [0.2, 0.25) is 0 Å². The van der Waals surface area contributed by atoms with E-state index in [9.17, 15) is 0 Å². The number of ether oxygens (including phenoxy) is 1. The molecule has 3 rings (SSSR count). The van der Waals surface area contributed by atoms with Crippen LogP contribution < -0.4 is 10.5 Å². The maximum absolute atomic E-state index is 6.17. The molecule has 1 aliphatic rings. The molecule has 0 aliphatic heterocycles. The summed E-state index contributed by atoms with van der Waals surface area (Å²) in [6.07, 6.45) is 6.11. The van der Waals surface area contributed by atoms with E-state index in [1.54, 1.807) is 12.4 Å². The van der Waals surface area contributed by atoms with Gasteiger partial charge in [-0.25, -0.2) is 0 Å². The zero-order valence-electron chi connectivity index (χ0n) is 9.99. The zero-order valence-corrected chi connectivity index (χ0v) is 9.99. The van der Waals surface area contributed by atoms with Crippen LogP contribution in [0.15, 0.2) is 42.7 Å². The van der Waals surface area contributed by atoms with Crippen LogP contribution in [-0.2, 0) is 0 Å². The van der Waals surface area contributed by atoms with Gasteiger partial charge in [-0.15, -0.1) is 0 Å². The van der Waals surface area contributed by atoms with Gasteiger partial charge in [0.05, 0.1) is 18.3 Å². The molecule has 18 heavy (non-hydrogen) atoms. The van der Waals surface area contributed by atoms with E-state index < -0.39 is 0 Å². The molecule has 2 N–H and O–H groups in total. The molecule has 4 nitrogen and oxygen atoms in total. The molecule has 92 valence electrons. The minimum atomic E-state index is -0.171. The molecule has 0 spiro atoms. The molecule has 1 atom stereocenters. The molecule has 1 aromatic carbocycles. The van der Waals surface area contributed by atoms with Crippen molar-refractivity contribution >= 4 is 0 Å². The minimum absolute atomic E-state index is 0.171. The van der Waals surface area contributed by atoms with E-state index in [2.05, 4.69) is 10.2 Å². The summed E-state index contributed by atoms with van der Waals surface area (Å²) in [6, 6.07) is 9.66. The van der Waals surface area contributed by atoms with E-state index in [0.29, 0.717) is 6.10 Å². The summed E-state index contributed by atoms with van der Waals surface area (Å²) in [6.45, 7) is 0. The molecular formula is C14H15N3O. The van der Waals surface area contributed by atoms with Gasteiger partial charge in [0.15, 0.2) is 0 Å². The van der Waals surface area contributed by atoms with Crippen molar-refractivity contribution < 1.29 is 4.74 Å². The lowest BCUT2D eigenvalue weighted by atomic mass is 10.0. The SMILES string of the molecule is NC(c1ccc(OC2CC2)cc1)c1ccnnc1. The Balaban J connectivity index is 1.75. The zero-order chi connectivity index (χ0) is 12.4. The molecule has 1 aromatic heterocycles. The molecule has 4 heteroatoms. The van der Waals surface area contributed by atoms with Crippen molar-refractivity contribution in [2.24, 2.45) is 5.73 Å².